The summed E-state index contributed by atoms with van der Waals surface area (Å²) < 4.78 is 5.44. The minimum atomic E-state index is -0.387. The highest BCUT2D eigenvalue weighted by Gasteiger charge is 2.40. The van der Waals surface area contributed by atoms with Crippen LogP contribution in [0.15, 0.2) is 42.5 Å². The average molecular weight is 391 g/mol. The van der Waals surface area contributed by atoms with Crippen LogP contribution >= 0.6 is 23.2 Å². The van der Waals surface area contributed by atoms with Crippen molar-refractivity contribution in [1.29, 1.82) is 0 Å². The summed E-state index contributed by atoms with van der Waals surface area (Å²) >= 11 is 12.3. The van der Waals surface area contributed by atoms with Crippen molar-refractivity contribution in [3.63, 3.8) is 0 Å². The fourth-order valence-corrected chi connectivity index (χ4v) is 4.26. The topological polar surface area (TPSA) is 64.4 Å². The second kappa shape index (κ2) is 6.49. The van der Waals surface area contributed by atoms with E-state index in [9.17, 15) is 10.1 Å². The summed E-state index contributed by atoms with van der Waals surface area (Å²) in [5, 5.41) is 15.8. The number of methoxy groups -OCH3 is 1. The Labute approximate surface area is 160 Å². The number of halogens is 2. The van der Waals surface area contributed by atoms with Crippen LogP contribution in [0.1, 0.15) is 29.5 Å². The van der Waals surface area contributed by atoms with Gasteiger partial charge in [0.05, 0.1) is 39.9 Å². The number of non-ortho nitro benzene ring substituents is 1. The number of hydrogen-bond donors (Lipinski definition) is 1. The third-order valence-corrected chi connectivity index (χ3v) is 5.89. The zero-order chi connectivity index (χ0) is 18.4. The summed E-state index contributed by atoms with van der Waals surface area (Å²) in [5.74, 6) is 0.795. The van der Waals surface area contributed by atoms with Crippen molar-refractivity contribution in [2.24, 2.45) is 5.92 Å². The monoisotopic (exact) mass is 390 g/mol. The largest absolute Gasteiger partial charge is 0.494 e. The minimum Gasteiger partial charge on any atom is -0.494 e. The molecule has 1 N–H and O–H groups in total. The highest BCUT2D eigenvalue weighted by Crippen LogP contribution is 2.53. The van der Waals surface area contributed by atoms with Crippen molar-refractivity contribution >= 4 is 34.6 Å². The maximum atomic E-state index is 11.3. The van der Waals surface area contributed by atoms with E-state index in [-0.39, 0.29) is 28.5 Å². The van der Waals surface area contributed by atoms with Crippen LogP contribution in [-0.4, -0.2) is 12.0 Å². The van der Waals surface area contributed by atoms with Crippen LogP contribution in [-0.2, 0) is 0 Å². The van der Waals surface area contributed by atoms with Gasteiger partial charge in [0.2, 0.25) is 0 Å². The van der Waals surface area contributed by atoms with Crippen molar-refractivity contribution in [2.45, 2.75) is 18.4 Å². The van der Waals surface area contributed by atoms with Gasteiger partial charge in [-0.3, -0.25) is 10.1 Å². The molecule has 1 aliphatic heterocycles. The molecule has 26 heavy (non-hydrogen) atoms. The maximum Gasteiger partial charge on any atom is 0.273 e. The summed E-state index contributed by atoms with van der Waals surface area (Å²) in [6.45, 7) is 0. The summed E-state index contributed by atoms with van der Waals surface area (Å²) in [6.07, 6.45) is 5.13. The zero-order valence-corrected chi connectivity index (χ0v) is 15.4. The number of ether oxygens (including phenoxy) is 1. The van der Waals surface area contributed by atoms with E-state index in [2.05, 4.69) is 17.5 Å². The van der Waals surface area contributed by atoms with E-state index in [1.165, 1.54) is 13.2 Å². The minimum absolute atomic E-state index is 0.00706. The molecule has 0 saturated heterocycles. The number of nitrogens with zero attached hydrogens (tertiary/aromatic N) is 1. The lowest BCUT2D eigenvalue weighted by Crippen LogP contribution is -2.29. The van der Waals surface area contributed by atoms with E-state index in [4.69, 9.17) is 27.9 Å². The molecular formula is C19H16Cl2N2O3. The van der Waals surface area contributed by atoms with E-state index < -0.39 is 0 Å². The maximum absolute atomic E-state index is 11.3. The quantitative estimate of drug-likeness (QED) is 0.412. The molecule has 4 rings (SSSR count). The second-order valence-electron chi connectivity index (χ2n) is 6.52. The molecule has 5 nitrogen and oxygen atoms in total. The Morgan fingerprint density at radius 3 is 2.73 bits per heavy atom. The van der Waals surface area contributed by atoms with Gasteiger partial charge in [-0.25, -0.2) is 0 Å². The molecule has 0 unspecified atom stereocenters. The molecule has 7 heteroatoms. The molecule has 0 radical (unpaired) electrons. The molecule has 1 heterocycles. The molecule has 1 aliphatic carbocycles. The number of fused-ring (bicyclic) bond motifs is 3. The molecule has 3 atom stereocenters. The number of hydrogen-bond acceptors (Lipinski definition) is 4. The highest BCUT2D eigenvalue weighted by molar-refractivity contribution is 6.42. The smallest absolute Gasteiger partial charge is 0.273 e. The SMILES string of the molecule is COc1cc([N+](=O)[O-])cc2c1N[C@@H](c1ccc(Cl)c(Cl)c1)[C@@H]1CC=C[C@@H]21. The Morgan fingerprint density at radius 2 is 2.04 bits per heavy atom. The van der Waals surface area contributed by atoms with E-state index in [1.54, 1.807) is 12.1 Å². The molecule has 0 bridgehead atoms. The van der Waals surface area contributed by atoms with Crippen LogP contribution in [0.2, 0.25) is 10.0 Å². The first-order valence-electron chi connectivity index (χ1n) is 8.24. The molecule has 0 amide bonds. The molecule has 134 valence electrons. The fourth-order valence-electron chi connectivity index (χ4n) is 3.95. The van der Waals surface area contributed by atoms with Gasteiger partial charge in [-0.05, 0) is 35.6 Å². The van der Waals surface area contributed by atoms with E-state index in [0.29, 0.717) is 15.8 Å². The van der Waals surface area contributed by atoms with Crippen molar-refractivity contribution < 1.29 is 9.66 Å². The number of allylic oxidation sites excluding steroid dienone is 2. The first-order valence-corrected chi connectivity index (χ1v) is 8.99. The van der Waals surface area contributed by atoms with Crippen LogP contribution in [0.4, 0.5) is 11.4 Å². The lowest BCUT2D eigenvalue weighted by molar-refractivity contribution is -0.385. The summed E-state index contributed by atoms with van der Waals surface area (Å²) in [6, 6.07) is 8.73. The Kier molecular flexibility index (Phi) is 4.29. The molecule has 0 fully saturated rings. The number of nitro groups is 1. The van der Waals surface area contributed by atoms with Gasteiger partial charge in [0.1, 0.15) is 5.75 Å². The van der Waals surface area contributed by atoms with Gasteiger partial charge in [0, 0.05) is 12.0 Å². The lowest BCUT2D eigenvalue weighted by Gasteiger charge is -2.38. The van der Waals surface area contributed by atoms with Crippen molar-refractivity contribution in [3.05, 3.63) is 73.8 Å². The van der Waals surface area contributed by atoms with Crippen LogP contribution in [0.3, 0.4) is 0 Å². The number of nitro benzene ring substituents is 1. The third kappa shape index (κ3) is 2.72. The predicted octanol–water partition coefficient (Wildman–Crippen LogP) is 5.74. The van der Waals surface area contributed by atoms with Crippen LogP contribution in [0.5, 0.6) is 5.75 Å². The van der Waals surface area contributed by atoms with Gasteiger partial charge in [0.25, 0.3) is 5.69 Å². The molecule has 2 aliphatic rings. The Morgan fingerprint density at radius 1 is 1.23 bits per heavy atom. The van der Waals surface area contributed by atoms with Crippen molar-refractivity contribution in [1.82, 2.24) is 0 Å². The van der Waals surface area contributed by atoms with Crippen molar-refractivity contribution in [3.8, 4) is 5.75 Å². The number of anilines is 1. The summed E-state index contributed by atoms with van der Waals surface area (Å²) in [7, 11) is 1.52. The molecule has 2 aromatic rings. The fraction of sp³-hybridized carbons (Fsp3) is 0.263. The van der Waals surface area contributed by atoms with Gasteiger partial charge in [-0.15, -0.1) is 0 Å². The summed E-state index contributed by atoms with van der Waals surface area (Å²) in [5.41, 5.74) is 2.76. The van der Waals surface area contributed by atoms with Crippen LogP contribution in [0, 0.1) is 16.0 Å². The van der Waals surface area contributed by atoms with E-state index in [0.717, 1.165) is 23.2 Å². The molecule has 0 aromatic heterocycles. The van der Waals surface area contributed by atoms with E-state index in [1.807, 2.05) is 12.1 Å². The Balaban J connectivity index is 1.84. The van der Waals surface area contributed by atoms with Crippen molar-refractivity contribution in [2.75, 3.05) is 12.4 Å². The average Bonchev–Trinajstić information content (AvgIpc) is 3.12. The van der Waals surface area contributed by atoms with Gasteiger partial charge in [0.15, 0.2) is 0 Å². The van der Waals surface area contributed by atoms with Gasteiger partial charge >= 0.3 is 0 Å². The standard InChI is InChI=1S/C19H16Cl2N2O3/c1-26-17-9-11(23(24)25)8-14-12-3-2-4-13(12)18(22-19(14)17)10-5-6-15(20)16(21)7-10/h2-3,5-9,12-13,18,22H,4H2,1H3/t12-,13-,18+/m1/s1. The van der Waals surface area contributed by atoms with Crippen LogP contribution < -0.4 is 10.1 Å². The summed E-state index contributed by atoms with van der Waals surface area (Å²) in [4.78, 5) is 10.9. The molecule has 0 spiro atoms. The molecule has 2 aromatic carbocycles. The third-order valence-electron chi connectivity index (χ3n) is 5.15. The Hall–Kier alpha value is -2.24. The number of benzene rings is 2. The van der Waals surface area contributed by atoms with E-state index >= 15 is 0 Å². The second-order valence-corrected chi connectivity index (χ2v) is 7.33. The first kappa shape index (κ1) is 17.2. The van der Waals surface area contributed by atoms with Gasteiger partial charge < -0.3 is 10.1 Å². The Bertz CT molecular complexity index is 929. The predicted molar refractivity (Wildman–Crippen MR) is 102 cm³/mol. The number of rotatable bonds is 3. The molecular weight excluding hydrogens is 375 g/mol. The number of nitrogens with one attached hydrogen (secondary N) is 1. The van der Waals surface area contributed by atoms with Gasteiger partial charge in [-0.1, -0.05) is 41.4 Å². The molecule has 0 saturated carbocycles. The van der Waals surface area contributed by atoms with Gasteiger partial charge in [-0.2, -0.15) is 0 Å². The normalized spacial score (nSPS) is 23.1. The first-order chi connectivity index (χ1) is 12.5. The lowest BCUT2D eigenvalue weighted by atomic mass is 9.76. The zero-order valence-electron chi connectivity index (χ0n) is 13.9. The highest BCUT2D eigenvalue weighted by atomic mass is 35.5. The van der Waals surface area contributed by atoms with Crippen LogP contribution in [0.25, 0.3) is 0 Å².